The normalized spacial score (nSPS) is 10.8. The zero-order valence-corrected chi connectivity index (χ0v) is 14.9. The van der Waals surface area contributed by atoms with E-state index in [0.717, 1.165) is 22.4 Å². The quantitative estimate of drug-likeness (QED) is 0.393. The molecule has 1 aromatic heterocycles. The predicted octanol–water partition coefficient (Wildman–Crippen LogP) is 3.79. The number of thioether (sulfide) groups is 1. The second kappa shape index (κ2) is 7.02. The summed E-state index contributed by atoms with van der Waals surface area (Å²) in [7, 11) is 0. The van der Waals surface area contributed by atoms with Crippen molar-refractivity contribution < 1.29 is 4.92 Å². The number of hydrogen-bond acceptors (Lipinski definition) is 6. The summed E-state index contributed by atoms with van der Waals surface area (Å²) in [4.78, 5) is 10.7. The van der Waals surface area contributed by atoms with E-state index in [2.05, 4.69) is 15.5 Å². The number of aryl methyl sites for hydroxylation is 2. The van der Waals surface area contributed by atoms with Gasteiger partial charge in [-0.2, -0.15) is 4.68 Å². The number of para-hydroxylation sites is 1. The van der Waals surface area contributed by atoms with E-state index >= 15 is 0 Å². The predicted molar refractivity (Wildman–Crippen MR) is 96.0 cm³/mol. The van der Waals surface area contributed by atoms with Gasteiger partial charge in [0.05, 0.1) is 10.6 Å². The molecule has 0 spiro atoms. The molecule has 0 fully saturated rings. The number of nitrogens with zero attached hydrogens (tertiary/aromatic N) is 5. The molecule has 0 aliphatic rings. The van der Waals surface area contributed by atoms with Crippen molar-refractivity contribution in [3.63, 3.8) is 0 Å². The van der Waals surface area contributed by atoms with E-state index in [0.29, 0.717) is 16.5 Å². The molecule has 0 saturated heterocycles. The molecule has 0 atom stereocenters. The minimum Gasteiger partial charge on any atom is -0.258 e. The summed E-state index contributed by atoms with van der Waals surface area (Å²) in [6.45, 7) is 5.80. The Morgan fingerprint density at radius 3 is 2.48 bits per heavy atom. The standard InChI is InChI=1S/C17H17N5O2S/c1-11-6-4-7-12(2)16(11)21-17(18-19-20-21)25-10-14-8-5-9-15(13(14)3)22(23)24/h4-9H,10H2,1-3H3. The van der Waals surface area contributed by atoms with E-state index in [4.69, 9.17) is 0 Å². The van der Waals surface area contributed by atoms with Crippen LogP contribution in [0, 0.1) is 30.9 Å². The van der Waals surface area contributed by atoms with E-state index < -0.39 is 0 Å². The average molecular weight is 355 g/mol. The van der Waals surface area contributed by atoms with Gasteiger partial charge in [-0.15, -0.1) is 5.10 Å². The van der Waals surface area contributed by atoms with Crippen LogP contribution in [0.4, 0.5) is 5.69 Å². The lowest BCUT2D eigenvalue weighted by atomic mass is 10.1. The second-order valence-corrected chi connectivity index (χ2v) is 6.66. The summed E-state index contributed by atoms with van der Waals surface area (Å²) in [5.74, 6) is 0.554. The zero-order chi connectivity index (χ0) is 18.0. The van der Waals surface area contributed by atoms with Gasteiger partial charge in [-0.05, 0) is 47.9 Å². The summed E-state index contributed by atoms with van der Waals surface area (Å²) in [5.41, 5.74) is 4.83. The minimum absolute atomic E-state index is 0.132. The lowest BCUT2D eigenvalue weighted by Gasteiger charge is -2.11. The van der Waals surface area contributed by atoms with Crippen LogP contribution in [0.3, 0.4) is 0 Å². The third-order valence-electron chi connectivity index (χ3n) is 4.06. The Kier molecular flexibility index (Phi) is 4.80. The van der Waals surface area contributed by atoms with Gasteiger partial charge in [0, 0.05) is 17.4 Å². The van der Waals surface area contributed by atoms with Crippen molar-refractivity contribution in [3.8, 4) is 5.69 Å². The maximum atomic E-state index is 11.1. The number of tetrazole rings is 1. The van der Waals surface area contributed by atoms with Crippen LogP contribution in [0.1, 0.15) is 22.3 Å². The Balaban J connectivity index is 1.89. The molecule has 0 amide bonds. The Morgan fingerprint density at radius 1 is 1.12 bits per heavy atom. The number of rotatable bonds is 5. The van der Waals surface area contributed by atoms with Gasteiger partial charge in [0.15, 0.2) is 0 Å². The van der Waals surface area contributed by atoms with Gasteiger partial charge in [0.25, 0.3) is 5.69 Å². The smallest absolute Gasteiger partial charge is 0.258 e. The van der Waals surface area contributed by atoms with E-state index in [1.165, 1.54) is 17.8 Å². The number of nitro groups is 1. The topological polar surface area (TPSA) is 86.7 Å². The number of benzene rings is 2. The zero-order valence-electron chi connectivity index (χ0n) is 14.1. The first-order chi connectivity index (χ1) is 12.0. The summed E-state index contributed by atoms with van der Waals surface area (Å²) in [5, 5.41) is 23.8. The molecule has 7 nitrogen and oxygen atoms in total. The van der Waals surface area contributed by atoms with Crippen molar-refractivity contribution in [1.29, 1.82) is 0 Å². The summed E-state index contributed by atoms with van der Waals surface area (Å²) in [6, 6.07) is 11.1. The SMILES string of the molecule is Cc1cccc(C)c1-n1nnnc1SCc1cccc([N+](=O)[O-])c1C. The molecule has 0 saturated carbocycles. The molecule has 0 N–H and O–H groups in total. The molecule has 8 heteroatoms. The first-order valence-corrected chi connectivity index (χ1v) is 8.68. The minimum atomic E-state index is -0.357. The van der Waals surface area contributed by atoms with Gasteiger partial charge in [0.2, 0.25) is 5.16 Å². The Labute approximate surface area is 149 Å². The maximum absolute atomic E-state index is 11.1. The Bertz CT molecular complexity index is 918. The van der Waals surface area contributed by atoms with Crippen molar-refractivity contribution in [3.05, 3.63) is 68.8 Å². The lowest BCUT2D eigenvalue weighted by molar-refractivity contribution is -0.385. The number of aromatic nitrogens is 4. The van der Waals surface area contributed by atoms with Crippen LogP contribution in [0.25, 0.3) is 5.69 Å². The number of hydrogen-bond donors (Lipinski definition) is 0. The van der Waals surface area contributed by atoms with Crippen LogP contribution in [0.5, 0.6) is 0 Å². The molecule has 3 rings (SSSR count). The van der Waals surface area contributed by atoms with Crippen LogP contribution < -0.4 is 0 Å². The fraction of sp³-hybridized carbons (Fsp3) is 0.235. The Morgan fingerprint density at radius 2 is 1.80 bits per heavy atom. The summed E-state index contributed by atoms with van der Waals surface area (Å²) < 4.78 is 1.72. The van der Waals surface area contributed by atoms with Gasteiger partial charge in [-0.3, -0.25) is 10.1 Å². The highest BCUT2D eigenvalue weighted by Gasteiger charge is 2.16. The molecular weight excluding hydrogens is 338 g/mol. The molecule has 3 aromatic rings. The average Bonchev–Trinajstić information content (AvgIpc) is 3.01. The van der Waals surface area contributed by atoms with Crippen LogP contribution in [-0.2, 0) is 5.75 Å². The highest BCUT2D eigenvalue weighted by molar-refractivity contribution is 7.98. The van der Waals surface area contributed by atoms with Crippen molar-refractivity contribution >= 4 is 17.4 Å². The molecule has 0 aliphatic carbocycles. The number of nitro benzene ring substituents is 1. The van der Waals surface area contributed by atoms with Crippen molar-refractivity contribution in [2.24, 2.45) is 0 Å². The van der Waals surface area contributed by atoms with Gasteiger partial charge in [-0.1, -0.05) is 42.1 Å². The molecular formula is C17H17N5O2S. The molecule has 0 unspecified atom stereocenters. The summed E-state index contributed by atoms with van der Waals surface area (Å²) in [6.07, 6.45) is 0. The highest BCUT2D eigenvalue weighted by Crippen LogP contribution is 2.29. The lowest BCUT2D eigenvalue weighted by Crippen LogP contribution is -2.04. The van der Waals surface area contributed by atoms with Crippen LogP contribution in [-0.4, -0.2) is 25.1 Å². The van der Waals surface area contributed by atoms with Gasteiger partial charge < -0.3 is 0 Å². The second-order valence-electron chi connectivity index (χ2n) is 5.72. The molecule has 128 valence electrons. The van der Waals surface area contributed by atoms with Crippen LogP contribution in [0.2, 0.25) is 0 Å². The van der Waals surface area contributed by atoms with E-state index in [1.54, 1.807) is 17.7 Å². The fourth-order valence-corrected chi connectivity index (χ4v) is 3.66. The van der Waals surface area contributed by atoms with Crippen molar-refractivity contribution in [2.75, 3.05) is 0 Å². The molecule has 0 bridgehead atoms. The fourth-order valence-electron chi connectivity index (χ4n) is 2.72. The third-order valence-corrected chi connectivity index (χ3v) is 5.03. The highest BCUT2D eigenvalue weighted by atomic mass is 32.2. The summed E-state index contributed by atoms with van der Waals surface area (Å²) >= 11 is 1.46. The van der Waals surface area contributed by atoms with E-state index in [1.807, 2.05) is 38.1 Å². The first kappa shape index (κ1) is 17.1. The van der Waals surface area contributed by atoms with Gasteiger partial charge >= 0.3 is 0 Å². The Hall–Kier alpha value is -2.74. The first-order valence-electron chi connectivity index (χ1n) is 7.69. The van der Waals surface area contributed by atoms with Crippen LogP contribution >= 0.6 is 11.8 Å². The molecule has 0 radical (unpaired) electrons. The molecule has 2 aromatic carbocycles. The van der Waals surface area contributed by atoms with Crippen molar-refractivity contribution in [2.45, 2.75) is 31.7 Å². The largest absolute Gasteiger partial charge is 0.272 e. The van der Waals surface area contributed by atoms with E-state index in [-0.39, 0.29) is 10.6 Å². The third kappa shape index (κ3) is 3.39. The molecule has 25 heavy (non-hydrogen) atoms. The maximum Gasteiger partial charge on any atom is 0.272 e. The molecule has 0 aliphatic heterocycles. The van der Waals surface area contributed by atoms with Crippen LogP contribution in [0.15, 0.2) is 41.6 Å². The van der Waals surface area contributed by atoms with Gasteiger partial charge in [0.1, 0.15) is 0 Å². The molecule has 1 heterocycles. The van der Waals surface area contributed by atoms with Gasteiger partial charge in [-0.25, -0.2) is 0 Å². The van der Waals surface area contributed by atoms with Crippen molar-refractivity contribution in [1.82, 2.24) is 20.2 Å². The van der Waals surface area contributed by atoms with E-state index in [9.17, 15) is 10.1 Å². The monoisotopic (exact) mass is 355 g/mol.